The number of hydrogen-bond donors (Lipinski definition) is 1. The molecular formula is C15H15BrF2N2O3. The molecule has 0 aliphatic heterocycles. The van der Waals surface area contributed by atoms with Crippen LogP contribution < -0.4 is 10.1 Å². The van der Waals surface area contributed by atoms with Crippen LogP contribution in [0.25, 0.3) is 6.08 Å². The molecule has 0 saturated heterocycles. The molecule has 0 aliphatic carbocycles. The Labute approximate surface area is 141 Å². The lowest BCUT2D eigenvalue weighted by atomic mass is 10.1. The van der Waals surface area contributed by atoms with Crippen molar-refractivity contribution in [1.29, 1.82) is 5.26 Å². The molecule has 0 aliphatic rings. The zero-order valence-corrected chi connectivity index (χ0v) is 13.9. The van der Waals surface area contributed by atoms with Gasteiger partial charge in [0.15, 0.2) is 0 Å². The molecule has 5 nitrogen and oxygen atoms in total. The first kappa shape index (κ1) is 19.1. The Morgan fingerprint density at radius 2 is 2.26 bits per heavy atom. The predicted octanol–water partition coefficient (Wildman–Crippen LogP) is 3.11. The van der Waals surface area contributed by atoms with E-state index in [4.69, 9.17) is 10.00 Å². The van der Waals surface area contributed by atoms with Crippen molar-refractivity contribution in [2.24, 2.45) is 0 Å². The zero-order chi connectivity index (χ0) is 17.2. The van der Waals surface area contributed by atoms with Gasteiger partial charge in [0.05, 0.1) is 0 Å². The van der Waals surface area contributed by atoms with Crippen LogP contribution in [0, 0.1) is 11.3 Å². The molecule has 1 N–H and O–H groups in total. The molecule has 0 spiro atoms. The Balaban J connectivity index is 2.94. The maximum absolute atomic E-state index is 12.4. The average molecular weight is 389 g/mol. The molecule has 1 aromatic rings. The van der Waals surface area contributed by atoms with Crippen LogP contribution >= 0.6 is 15.9 Å². The molecule has 0 fully saturated rings. The second-order valence-electron chi connectivity index (χ2n) is 4.33. The Kier molecular flexibility index (Phi) is 8.22. The van der Waals surface area contributed by atoms with Gasteiger partial charge in [-0.1, -0.05) is 15.9 Å². The largest absolute Gasteiger partial charge is 0.434 e. The number of nitrogens with zero attached hydrogens (tertiary/aromatic N) is 1. The molecule has 1 amide bonds. The number of amides is 1. The highest BCUT2D eigenvalue weighted by Gasteiger charge is 2.13. The van der Waals surface area contributed by atoms with Crippen LogP contribution in [0.3, 0.4) is 0 Å². The van der Waals surface area contributed by atoms with Gasteiger partial charge in [0.2, 0.25) is 0 Å². The third-order valence-electron chi connectivity index (χ3n) is 2.66. The second kappa shape index (κ2) is 9.92. The Hall–Kier alpha value is -1.98. The molecule has 1 rings (SSSR count). The summed E-state index contributed by atoms with van der Waals surface area (Å²) in [6.45, 7) is -2.19. The number of alkyl halides is 2. The van der Waals surface area contributed by atoms with Gasteiger partial charge in [-0.2, -0.15) is 14.0 Å². The lowest BCUT2D eigenvalue weighted by Crippen LogP contribution is -2.26. The molecule has 23 heavy (non-hydrogen) atoms. The molecule has 0 heterocycles. The fourth-order valence-corrected chi connectivity index (χ4v) is 2.03. The minimum Gasteiger partial charge on any atom is -0.434 e. The highest BCUT2D eigenvalue weighted by atomic mass is 79.9. The van der Waals surface area contributed by atoms with E-state index in [1.54, 1.807) is 13.2 Å². The normalized spacial score (nSPS) is 11.2. The van der Waals surface area contributed by atoms with E-state index in [1.807, 2.05) is 0 Å². The number of methoxy groups -OCH3 is 1. The van der Waals surface area contributed by atoms with Crippen molar-refractivity contribution in [3.05, 3.63) is 33.8 Å². The molecular weight excluding hydrogens is 374 g/mol. The van der Waals surface area contributed by atoms with Crippen LogP contribution in [0.15, 0.2) is 28.2 Å². The molecule has 0 aromatic heterocycles. The number of nitrogens with one attached hydrogen (secondary N) is 1. The first-order valence-corrected chi connectivity index (χ1v) is 7.40. The van der Waals surface area contributed by atoms with Crippen LogP contribution in [-0.2, 0) is 9.53 Å². The maximum Gasteiger partial charge on any atom is 0.387 e. The van der Waals surface area contributed by atoms with Crippen molar-refractivity contribution >= 4 is 27.9 Å². The first-order valence-electron chi connectivity index (χ1n) is 6.61. The van der Waals surface area contributed by atoms with E-state index in [9.17, 15) is 13.6 Å². The van der Waals surface area contributed by atoms with E-state index in [-0.39, 0.29) is 16.9 Å². The summed E-state index contributed by atoms with van der Waals surface area (Å²) in [6, 6.07) is 6.08. The number of rotatable bonds is 8. The number of carbonyl (C=O) groups excluding carboxylic acids is 1. The van der Waals surface area contributed by atoms with E-state index in [2.05, 4.69) is 26.0 Å². The second-order valence-corrected chi connectivity index (χ2v) is 5.25. The van der Waals surface area contributed by atoms with E-state index < -0.39 is 12.5 Å². The summed E-state index contributed by atoms with van der Waals surface area (Å²) in [5, 5.41) is 11.7. The minimum absolute atomic E-state index is 0.122. The van der Waals surface area contributed by atoms with Gasteiger partial charge in [0.1, 0.15) is 17.4 Å². The summed E-state index contributed by atoms with van der Waals surface area (Å²) in [5.74, 6) is -0.713. The highest BCUT2D eigenvalue weighted by molar-refractivity contribution is 9.10. The number of nitriles is 1. The van der Waals surface area contributed by atoms with Crippen LogP contribution in [0.5, 0.6) is 5.75 Å². The molecule has 0 atom stereocenters. The van der Waals surface area contributed by atoms with Crippen molar-refractivity contribution < 1.29 is 23.0 Å². The maximum atomic E-state index is 12.4. The fourth-order valence-electron chi connectivity index (χ4n) is 1.65. The topological polar surface area (TPSA) is 71.3 Å². The molecule has 1 aromatic carbocycles. The molecule has 0 saturated carbocycles. The number of carbonyl (C=O) groups is 1. The van der Waals surface area contributed by atoms with E-state index >= 15 is 0 Å². The molecule has 0 radical (unpaired) electrons. The lowest BCUT2D eigenvalue weighted by molar-refractivity contribution is -0.117. The summed E-state index contributed by atoms with van der Waals surface area (Å²) in [4.78, 5) is 11.9. The fraction of sp³-hybridized carbons (Fsp3) is 0.333. The van der Waals surface area contributed by atoms with E-state index in [0.717, 1.165) is 0 Å². The molecule has 0 unspecified atom stereocenters. The SMILES string of the molecule is COCCCNC(=O)/C(C#N)=C/c1cc(Br)ccc1OC(F)F. The monoisotopic (exact) mass is 388 g/mol. The van der Waals surface area contributed by atoms with Crippen LogP contribution in [0.1, 0.15) is 12.0 Å². The Morgan fingerprint density at radius 3 is 2.87 bits per heavy atom. The van der Waals surface area contributed by atoms with Gasteiger partial charge in [-0.15, -0.1) is 0 Å². The van der Waals surface area contributed by atoms with Crippen molar-refractivity contribution in [2.45, 2.75) is 13.0 Å². The molecule has 124 valence electrons. The summed E-state index contributed by atoms with van der Waals surface area (Å²) >= 11 is 3.20. The summed E-state index contributed by atoms with van der Waals surface area (Å²) in [5.41, 5.74) is -0.0112. The standard InChI is InChI=1S/C15H15BrF2N2O3/c1-22-6-2-5-20-14(21)11(9-19)7-10-8-12(16)3-4-13(10)23-15(17)18/h3-4,7-8,15H,2,5-6H2,1H3,(H,20,21)/b11-7+. The van der Waals surface area contributed by atoms with E-state index in [1.165, 1.54) is 24.3 Å². The van der Waals surface area contributed by atoms with Crippen molar-refractivity contribution in [2.75, 3.05) is 20.3 Å². The number of benzene rings is 1. The first-order chi connectivity index (χ1) is 11.0. The summed E-state index contributed by atoms with van der Waals surface area (Å²) in [7, 11) is 1.54. The number of ether oxygens (including phenoxy) is 2. The highest BCUT2D eigenvalue weighted by Crippen LogP contribution is 2.27. The van der Waals surface area contributed by atoms with Crippen molar-refractivity contribution in [1.82, 2.24) is 5.32 Å². The quantitative estimate of drug-likeness (QED) is 0.421. The summed E-state index contributed by atoms with van der Waals surface area (Å²) < 4.78 is 34.6. The van der Waals surface area contributed by atoms with Crippen LogP contribution in [-0.4, -0.2) is 32.8 Å². The van der Waals surface area contributed by atoms with Gasteiger partial charge in [-0.3, -0.25) is 4.79 Å². The van der Waals surface area contributed by atoms with Gasteiger partial charge < -0.3 is 14.8 Å². The van der Waals surface area contributed by atoms with Gasteiger partial charge >= 0.3 is 6.61 Å². The summed E-state index contributed by atoms with van der Waals surface area (Å²) in [6.07, 6.45) is 1.80. The van der Waals surface area contributed by atoms with Crippen molar-refractivity contribution in [3.8, 4) is 11.8 Å². The molecule has 8 heteroatoms. The lowest BCUT2D eigenvalue weighted by Gasteiger charge is -2.09. The third-order valence-corrected chi connectivity index (χ3v) is 3.16. The smallest absolute Gasteiger partial charge is 0.387 e. The molecule has 0 bridgehead atoms. The minimum atomic E-state index is -3.00. The van der Waals surface area contributed by atoms with Gasteiger partial charge in [0.25, 0.3) is 5.91 Å². The van der Waals surface area contributed by atoms with Crippen LogP contribution in [0.2, 0.25) is 0 Å². The number of hydrogen-bond acceptors (Lipinski definition) is 4. The van der Waals surface area contributed by atoms with Gasteiger partial charge in [-0.25, -0.2) is 0 Å². The third kappa shape index (κ3) is 6.76. The van der Waals surface area contributed by atoms with Crippen molar-refractivity contribution in [3.63, 3.8) is 0 Å². The van der Waals surface area contributed by atoms with E-state index in [0.29, 0.717) is 24.0 Å². The van der Waals surface area contributed by atoms with Crippen LogP contribution in [0.4, 0.5) is 8.78 Å². The Bertz CT molecular complexity index is 615. The van der Waals surface area contributed by atoms with Gasteiger partial charge in [0, 0.05) is 30.3 Å². The van der Waals surface area contributed by atoms with Gasteiger partial charge in [-0.05, 0) is 30.7 Å². The Morgan fingerprint density at radius 1 is 1.52 bits per heavy atom. The zero-order valence-electron chi connectivity index (χ0n) is 12.3. The number of halogens is 3. The average Bonchev–Trinajstić information content (AvgIpc) is 2.51. The predicted molar refractivity (Wildman–Crippen MR) is 83.9 cm³/mol.